The Kier molecular flexibility index (Phi) is 5.83. The Bertz CT molecular complexity index is 959. The summed E-state index contributed by atoms with van der Waals surface area (Å²) < 4.78 is 41.1. The van der Waals surface area contributed by atoms with Crippen molar-refractivity contribution >= 4 is 10.9 Å². The molecule has 1 heterocycles. The van der Waals surface area contributed by atoms with Gasteiger partial charge in [-0.2, -0.15) is 0 Å². The molecule has 3 rings (SSSR count). The summed E-state index contributed by atoms with van der Waals surface area (Å²) in [5, 5.41) is 23.5. The number of nitrogens with zero attached hydrogens (tertiary/aromatic N) is 1. The molecule has 0 fully saturated rings. The van der Waals surface area contributed by atoms with E-state index in [9.17, 15) is 23.4 Å². The van der Waals surface area contributed by atoms with Crippen molar-refractivity contribution in [3.8, 4) is 16.9 Å². The highest BCUT2D eigenvalue weighted by Crippen LogP contribution is 2.36. The number of nitrogens with one attached hydrogen (secondary N) is 1. The molecule has 5 nitrogen and oxygen atoms in total. The van der Waals surface area contributed by atoms with Crippen LogP contribution in [0, 0.1) is 0 Å². The van der Waals surface area contributed by atoms with Gasteiger partial charge in [-0.1, -0.05) is 18.2 Å². The van der Waals surface area contributed by atoms with Crippen molar-refractivity contribution in [1.82, 2.24) is 10.3 Å². The molecule has 1 atom stereocenters. The molecule has 0 amide bonds. The number of hydrogen-bond donors (Lipinski definition) is 3. The monoisotopic (exact) mass is 392 g/mol. The van der Waals surface area contributed by atoms with E-state index < -0.39 is 19.1 Å². The predicted octanol–water partition coefficient (Wildman–Crippen LogP) is 3.55. The summed E-state index contributed by atoms with van der Waals surface area (Å²) in [6, 6.07) is 11.0. The Morgan fingerprint density at radius 3 is 2.50 bits per heavy atom. The molecule has 0 aliphatic carbocycles. The van der Waals surface area contributed by atoms with Crippen molar-refractivity contribution < 1.29 is 28.1 Å². The number of fused-ring (bicyclic) bond motifs is 1. The SMILES string of the molecule is CNCc1cc(-c2ccc(OC(F)(F)F)cc2)c2cccnc2c1C(O)CO. The molecule has 2 aromatic carbocycles. The van der Waals surface area contributed by atoms with Crippen molar-refractivity contribution in [3.63, 3.8) is 0 Å². The largest absolute Gasteiger partial charge is 0.573 e. The predicted molar refractivity (Wildman–Crippen MR) is 98.7 cm³/mol. The van der Waals surface area contributed by atoms with Gasteiger partial charge in [0.05, 0.1) is 12.1 Å². The van der Waals surface area contributed by atoms with Crippen molar-refractivity contribution in [3.05, 3.63) is 59.8 Å². The van der Waals surface area contributed by atoms with Gasteiger partial charge in [0.1, 0.15) is 11.9 Å². The fraction of sp³-hybridized carbons (Fsp3) is 0.250. The van der Waals surface area contributed by atoms with Crippen LogP contribution in [0.1, 0.15) is 17.2 Å². The minimum atomic E-state index is -4.75. The fourth-order valence-electron chi connectivity index (χ4n) is 3.19. The van der Waals surface area contributed by atoms with Gasteiger partial charge in [0.25, 0.3) is 0 Å². The first-order chi connectivity index (χ1) is 13.3. The summed E-state index contributed by atoms with van der Waals surface area (Å²) >= 11 is 0. The van der Waals surface area contributed by atoms with E-state index in [1.165, 1.54) is 24.3 Å². The number of alkyl halides is 3. The molecular weight excluding hydrogens is 373 g/mol. The zero-order chi connectivity index (χ0) is 20.3. The van der Waals surface area contributed by atoms with Crippen LogP contribution in [0.25, 0.3) is 22.0 Å². The number of ether oxygens (including phenoxy) is 1. The van der Waals surface area contributed by atoms with E-state index in [0.717, 1.165) is 11.1 Å². The van der Waals surface area contributed by atoms with E-state index in [4.69, 9.17) is 0 Å². The van der Waals surface area contributed by atoms with Gasteiger partial charge in [-0.3, -0.25) is 4.98 Å². The average Bonchev–Trinajstić information content (AvgIpc) is 2.66. The van der Waals surface area contributed by atoms with Crippen LogP contribution in [0.5, 0.6) is 5.75 Å². The van der Waals surface area contributed by atoms with Crippen molar-refractivity contribution in [2.45, 2.75) is 19.0 Å². The van der Waals surface area contributed by atoms with E-state index in [1.807, 2.05) is 12.1 Å². The minimum absolute atomic E-state index is 0.304. The molecule has 1 unspecified atom stereocenters. The summed E-state index contributed by atoms with van der Waals surface area (Å²) in [5.74, 6) is -0.304. The van der Waals surface area contributed by atoms with Crippen LogP contribution in [0.3, 0.4) is 0 Å². The lowest BCUT2D eigenvalue weighted by Gasteiger charge is -2.19. The first kappa shape index (κ1) is 20.1. The standard InChI is InChI=1S/C20H19F3N2O3/c1-24-10-13-9-16(12-4-6-14(7-5-12)28-20(21,22)23)15-3-2-8-25-19(15)18(13)17(27)11-26/h2-9,17,24,26-27H,10-11H2,1H3. The second kappa shape index (κ2) is 8.14. The number of rotatable bonds is 6. The number of hydrogen-bond acceptors (Lipinski definition) is 5. The van der Waals surface area contributed by atoms with E-state index in [0.29, 0.717) is 28.6 Å². The molecule has 1 aromatic heterocycles. The highest BCUT2D eigenvalue weighted by atomic mass is 19.4. The normalized spacial score (nSPS) is 12.9. The number of pyridine rings is 1. The van der Waals surface area contributed by atoms with Crippen molar-refractivity contribution in [2.75, 3.05) is 13.7 Å². The number of aliphatic hydroxyl groups excluding tert-OH is 2. The quantitative estimate of drug-likeness (QED) is 0.598. The van der Waals surface area contributed by atoms with Crippen LogP contribution in [0.15, 0.2) is 48.7 Å². The van der Waals surface area contributed by atoms with Crippen LogP contribution in [-0.4, -0.2) is 35.2 Å². The maximum absolute atomic E-state index is 12.4. The minimum Gasteiger partial charge on any atom is -0.406 e. The van der Waals surface area contributed by atoms with E-state index in [-0.39, 0.29) is 5.75 Å². The number of benzene rings is 2. The van der Waals surface area contributed by atoms with Gasteiger partial charge in [-0.25, -0.2) is 0 Å². The topological polar surface area (TPSA) is 74.6 Å². The highest BCUT2D eigenvalue weighted by molar-refractivity contribution is 5.97. The van der Waals surface area contributed by atoms with Crippen LogP contribution in [0.2, 0.25) is 0 Å². The van der Waals surface area contributed by atoms with Gasteiger partial charge in [0.2, 0.25) is 0 Å². The number of aliphatic hydroxyl groups is 2. The summed E-state index contributed by atoms with van der Waals surface area (Å²) in [6.07, 6.45) is -4.26. The van der Waals surface area contributed by atoms with Gasteiger partial charge in [0.15, 0.2) is 0 Å². The van der Waals surface area contributed by atoms with Crippen molar-refractivity contribution in [2.24, 2.45) is 0 Å². The van der Waals surface area contributed by atoms with Crippen LogP contribution < -0.4 is 10.1 Å². The van der Waals surface area contributed by atoms with Gasteiger partial charge in [-0.15, -0.1) is 13.2 Å². The van der Waals surface area contributed by atoms with Gasteiger partial charge in [-0.05, 0) is 48.0 Å². The lowest BCUT2D eigenvalue weighted by molar-refractivity contribution is -0.274. The molecule has 0 aliphatic rings. The second-order valence-electron chi connectivity index (χ2n) is 6.20. The summed E-state index contributed by atoms with van der Waals surface area (Å²) in [7, 11) is 1.75. The van der Waals surface area contributed by atoms with Crippen LogP contribution in [0.4, 0.5) is 13.2 Å². The molecule has 8 heteroatoms. The Hall–Kier alpha value is -2.68. The number of aromatic nitrogens is 1. The molecule has 0 saturated heterocycles. The Labute approximate surface area is 159 Å². The molecule has 0 bridgehead atoms. The lowest BCUT2D eigenvalue weighted by atomic mass is 9.91. The molecule has 148 valence electrons. The summed E-state index contributed by atoms with van der Waals surface area (Å²) in [6.45, 7) is -0.0353. The van der Waals surface area contributed by atoms with Crippen LogP contribution in [-0.2, 0) is 6.54 Å². The molecule has 3 N–H and O–H groups in total. The molecular formula is C20H19F3N2O3. The third kappa shape index (κ3) is 4.24. The third-order valence-electron chi connectivity index (χ3n) is 4.29. The molecule has 0 spiro atoms. The van der Waals surface area contributed by atoms with Gasteiger partial charge >= 0.3 is 6.36 Å². The number of halogens is 3. The van der Waals surface area contributed by atoms with Crippen molar-refractivity contribution in [1.29, 1.82) is 0 Å². The third-order valence-corrected chi connectivity index (χ3v) is 4.29. The Balaban J connectivity index is 2.16. The Morgan fingerprint density at radius 1 is 1.18 bits per heavy atom. The van der Waals surface area contributed by atoms with E-state index >= 15 is 0 Å². The molecule has 3 aromatic rings. The molecule has 28 heavy (non-hydrogen) atoms. The Morgan fingerprint density at radius 2 is 1.89 bits per heavy atom. The molecule has 0 aliphatic heterocycles. The van der Waals surface area contributed by atoms with Crippen LogP contribution >= 0.6 is 0 Å². The summed E-state index contributed by atoms with van der Waals surface area (Å²) in [4.78, 5) is 4.37. The van der Waals surface area contributed by atoms with E-state index in [1.54, 1.807) is 19.3 Å². The smallest absolute Gasteiger partial charge is 0.406 e. The van der Waals surface area contributed by atoms with Gasteiger partial charge in [0, 0.05) is 23.7 Å². The second-order valence-corrected chi connectivity index (χ2v) is 6.20. The zero-order valence-electron chi connectivity index (χ0n) is 15.0. The van der Waals surface area contributed by atoms with Gasteiger partial charge < -0.3 is 20.3 Å². The average molecular weight is 392 g/mol. The summed E-state index contributed by atoms with van der Waals surface area (Å²) in [5.41, 5.74) is 3.22. The van der Waals surface area contributed by atoms with E-state index in [2.05, 4.69) is 15.0 Å². The molecule has 0 saturated carbocycles. The fourth-order valence-corrected chi connectivity index (χ4v) is 3.19. The maximum Gasteiger partial charge on any atom is 0.573 e. The first-order valence-electron chi connectivity index (χ1n) is 8.54. The highest BCUT2D eigenvalue weighted by Gasteiger charge is 2.31. The first-order valence-corrected chi connectivity index (χ1v) is 8.54. The lowest BCUT2D eigenvalue weighted by Crippen LogP contribution is -2.17. The zero-order valence-corrected chi connectivity index (χ0v) is 15.0. The molecule has 0 radical (unpaired) electrons. The maximum atomic E-state index is 12.4.